The van der Waals surface area contributed by atoms with Crippen LogP contribution < -0.4 is 0 Å². The Morgan fingerprint density at radius 1 is 1.12 bits per heavy atom. The number of para-hydroxylation sites is 2. The van der Waals surface area contributed by atoms with Crippen molar-refractivity contribution in [3.63, 3.8) is 0 Å². The van der Waals surface area contributed by atoms with Crippen molar-refractivity contribution in [2.45, 2.75) is 6.54 Å². The zero-order chi connectivity index (χ0) is 10.8. The lowest BCUT2D eigenvalue weighted by Crippen LogP contribution is -2.00. The SMILES string of the molecule is c1ccc2nc(Cn3ccnc3)cnc2c1. The summed E-state index contributed by atoms with van der Waals surface area (Å²) in [6.45, 7) is 0.706. The van der Waals surface area contributed by atoms with Crippen LogP contribution >= 0.6 is 0 Å². The highest BCUT2D eigenvalue weighted by Crippen LogP contribution is 2.09. The zero-order valence-electron chi connectivity index (χ0n) is 8.61. The highest BCUT2D eigenvalue weighted by atomic mass is 15.0. The quantitative estimate of drug-likeness (QED) is 0.648. The molecule has 0 aliphatic heterocycles. The predicted molar refractivity (Wildman–Crippen MR) is 60.9 cm³/mol. The first kappa shape index (κ1) is 9.03. The maximum Gasteiger partial charge on any atom is 0.0949 e. The van der Waals surface area contributed by atoms with E-state index in [1.54, 1.807) is 12.5 Å². The molecule has 0 unspecified atom stereocenters. The molecular weight excluding hydrogens is 200 g/mol. The van der Waals surface area contributed by atoms with Gasteiger partial charge >= 0.3 is 0 Å². The van der Waals surface area contributed by atoms with Crippen LogP contribution in [0.15, 0.2) is 49.2 Å². The van der Waals surface area contributed by atoms with Crippen molar-refractivity contribution in [1.82, 2.24) is 19.5 Å². The van der Waals surface area contributed by atoms with Crippen LogP contribution in [0.4, 0.5) is 0 Å². The van der Waals surface area contributed by atoms with E-state index in [9.17, 15) is 0 Å². The number of nitrogens with zero attached hydrogens (tertiary/aromatic N) is 4. The van der Waals surface area contributed by atoms with Gasteiger partial charge in [0, 0.05) is 12.4 Å². The molecule has 2 heterocycles. The Hall–Kier alpha value is -2.23. The molecule has 0 spiro atoms. The van der Waals surface area contributed by atoms with E-state index in [1.165, 1.54) is 0 Å². The molecule has 0 fully saturated rings. The van der Waals surface area contributed by atoms with Gasteiger partial charge in [-0.15, -0.1) is 0 Å². The van der Waals surface area contributed by atoms with E-state index >= 15 is 0 Å². The van der Waals surface area contributed by atoms with E-state index < -0.39 is 0 Å². The number of rotatable bonds is 2. The van der Waals surface area contributed by atoms with Crippen LogP contribution in [0.5, 0.6) is 0 Å². The van der Waals surface area contributed by atoms with Gasteiger partial charge in [0.2, 0.25) is 0 Å². The highest BCUT2D eigenvalue weighted by Gasteiger charge is 1.99. The molecule has 0 radical (unpaired) electrons. The van der Waals surface area contributed by atoms with E-state index in [-0.39, 0.29) is 0 Å². The zero-order valence-corrected chi connectivity index (χ0v) is 8.61. The Morgan fingerprint density at radius 2 is 2.00 bits per heavy atom. The fourth-order valence-corrected chi connectivity index (χ4v) is 1.64. The van der Waals surface area contributed by atoms with Gasteiger partial charge in [-0.05, 0) is 12.1 Å². The lowest BCUT2D eigenvalue weighted by molar-refractivity contribution is 0.772. The van der Waals surface area contributed by atoms with Gasteiger partial charge in [0.05, 0.1) is 35.8 Å². The van der Waals surface area contributed by atoms with Crippen LogP contribution in [0, 0.1) is 0 Å². The molecule has 0 amide bonds. The molecule has 0 N–H and O–H groups in total. The van der Waals surface area contributed by atoms with Crippen LogP contribution in [0.2, 0.25) is 0 Å². The van der Waals surface area contributed by atoms with Gasteiger partial charge in [-0.25, -0.2) is 9.97 Å². The van der Waals surface area contributed by atoms with Gasteiger partial charge in [0.25, 0.3) is 0 Å². The predicted octanol–water partition coefficient (Wildman–Crippen LogP) is 1.87. The third kappa shape index (κ3) is 1.65. The average Bonchev–Trinajstić information content (AvgIpc) is 2.82. The number of benzene rings is 1. The molecule has 16 heavy (non-hydrogen) atoms. The summed E-state index contributed by atoms with van der Waals surface area (Å²) in [5.41, 5.74) is 2.80. The van der Waals surface area contributed by atoms with Gasteiger partial charge < -0.3 is 4.57 Å². The molecule has 0 aliphatic rings. The third-order valence-electron chi connectivity index (χ3n) is 2.40. The smallest absolute Gasteiger partial charge is 0.0949 e. The van der Waals surface area contributed by atoms with Gasteiger partial charge in [-0.2, -0.15) is 0 Å². The van der Waals surface area contributed by atoms with E-state index in [0.717, 1.165) is 16.7 Å². The van der Waals surface area contributed by atoms with Crippen LogP contribution in [0.3, 0.4) is 0 Å². The summed E-state index contributed by atoms with van der Waals surface area (Å²) in [6.07, 6.45) is 7.25. The summed E-state index contributed by atoms with van der Waals surface area (Å²) >= 11 is 0. The second kappa shape index (κ2) is 3.73. The van der Waals surface area contributed by atoms with Crippen molar-refractivity contribution in [3.8, 4) is 0 Å². The number of aromatic nitrogens is 4. The van der Waals surface area contributed by atoms with Crippen LogP contribution in [-0.4, -0.2) is 19.5 Å². The summed E-state index contributed by atoms with van der Waals surface area (Å²) in [5, 5.41) is 0. The average molecular weight is 210 g/mol. The molecule has 78 valence electrons. The molecule has 0 aliphatic carbocycles. The Morgan fingerprint density at radius 3 is 2.81 bits per heavy atom. The number of hydrogen-bond acceptors (Lipinski definition) is 3. The van der Waals surface area contributed by atoms with Gasteiger partial charge in [0.15, 0.2) is 0 Å². The monoisotopic (exact) mass is 210 g/mol. The minimum Gasteiger partial charge on any atom is -0.331 e. The normalized spacial score (nSPS) is 10.8. The Balaban J connectivity index is 1.99. The molecule has 0 saturated heterocycles. The summed E-state index contributed by atoms with van der Waals surface area (Å²) in [6, 6.07) is 7.87. The Bertz CT molecular complexity index is 601. The number of hydrogen-bond donors (Lipinski definition) is 0. The van der Waals surface area contributed by atoms with Crippen molar-refractivity contribution in [2.75, 3.05) is 0 Å². The molecular formula is C12H10N4. The molecule has 2 aromatic heterocycles. The Labute approximate surface area is 92.6 Å². The molecule has 1 aromatic carbocycles. The van der Waals surface area contributed by atoms with E-state index in [0.29, 0.717) is 6.54 Å². The number of imidazole rings is 1. The van der Waals surface area contributed by atoms with Gasteiger partial charge in [-0.1, -0.05) is 12.1 Å². The topological polar surface area (TPSA) is 43.6 Å². The van der Waals surface area contributed by atoms with Crippen molar-refractivity contribution < 1.29 is 0 Å². The minimum atomic E-state index is 0.706. The molecule has 0 atom stereocenters. The summed E-state index contributed by atoms with van der Waals surface area (Å²) in [5.74, 6) is 0. The second-order valence-corrected chi connectivity index (χ2v) is 3.59. The summed E-state index contributed by atoms with van der Waals surface area (Å²) in [4.78, 5) is 12.9. The summed E-state index contributed by atoms with van der Waals surface area (Å²) in [7, 11) is 0. The molecule has 0 bridgehead atoms. The molecule has 3 aromatic rings. The lowest BCUT2D eigenvalue weighted by Gasteiger charge is -2.02. The lowest BCUT2D eigenvalue weighted by atomic mass is 10.3. The first-order chi connectivity index (χ1) is 7.92. The minimum absolute atomic E-state index is 0.706. The third-order valence-corrected chi connectivity index (χ3v) is 2.40. The maximum atomic E-state index is 4.54. The van der Waals surface area contributed by atoms with E-state index in [4.69, 9.17) is 0 Å². The van der Waals surface area contributed by atoms with Crippen molar-refractivity contribution in [1.29, 1.82) is 0 Å². The molecule has 4 heteroatoms. The fourth-order valence-electron chi connectivity index (χ4n) is 1.64. The largest absolute Gasteiger partial charge is 0.331 e. The van der Waals surface area contributed by atoms with Crippen molar-refractivity contribution in [3.05, 3.63) is 54.9 Å². The van der Waals surface area contributed by atoms with Crippen LogP contribution in [0.25, 0.3) is 11.0 Å². The van der Waals surface area contributed by atoms with E-state index in [2.05, 4.69) is 15.0 Å². The standard InChI is InChI=1S/C12H10N4/c1-2-4-12-11(3-1)14-7-10(15-12)8-16-6-5-13-9-16/h1-7,9H,8H2. The van der Waals surface area contributed by atoms with Crippen LogP contribution in [-0.2, 0) is 6.54 Å². The second-order valence-electron chi connectivity index (χ2n) is 3.59. The fraction of sp³-hybridized carbons (Fsp3) is 0.0833. The van der Waals surface area contributed by atoms with Gasteiger partial charge in [-0.3, -0.25) is 4.98 Å². The first-order valence-corrected chi connectivity index (χ1v) is 5.08. The van der Waals surface area contributed by atoms with Crippen molar-refractivity contribution >= 4 is 11.0 Å². The first-order valence-electron chi connectivity index (χ1n) is 5.08. The van der Waals surface area contributed by atoms with Gasteiger partial charge in [0.1, 0.15) is 0 Å². The Kier molecular flexibility index (Phi) is 2.11. The highest BCUT2D eigenvalue weighted by molar-refractivity contribution is 5.73. The summed E-state index contributed by atoms with van der Waals surface area (Å²) < 4.78 is 1.97. The molecule has 4 nitrogen and oxygen atoms in total. The van der Waals surface area contributed by atoms with Crippen LogP contribution in [0.1, 0.15) is 5.69 Å². The maximum absolute atomic E-state index is 4.54. The number of fused-ring (bicyclic) bond motifs is 1. The van der Waals surface area contributed by atoms with Crippen molar-refractivity contribution in [2.24, 2.45) is 0 Å². The van der Waals surface area contributed by atoms with E-state index in [1.807, 2.05) is 41.2 Å². The molecule has 3 rings (SSSR count). The molecule has 0 saturated carbocycles.